The number of hydrogen-bond donors (Lipinski definition) is 19. The summed E-state index contributed by atoms with van der Waals surface area (Å²) in [5.74, 6) is -1.58. The summed E-state index contributed by atoms with van der Waals surface area (Å²) < 4.78 is 62.5. The van der Waals surface area contributed by atoms with Crippen LogP contribution in [0.5, 0.6) is 0 Å². The SMILES string of the molecule is CC(=O)N[C@H]1[C@H](OC[C@H]2O[C@H](O)[C@@H](O[C@@H]3O[C@H](CO)[C@@H](O[C@@H]4O[C@H](CO)[C@H](O)[C@H](O)[C@H]4O[C@@H]4O[C@@H](C)[C@@H](O)[C@@H](O)[C@@H]4O)[C@H](O)[C@H]3NC(C)=O)[C@@H](O)[C@@H]2O)O[C@H](CO)[C@@H](O[C@@H]2O[C@H](CO)[C@H](O)[C@H](O)[C@H]2O)[C@@H]1O. The molecule has 0 aliphatic carbocycles. The molecule has 6 aliphatic rings. The molecule has 6 fully saturated rings. The van der Waals surface area contributed by atoms with Crippen molar-refractivity contribution in [3.8, 4) is 0 Å². The molecule has 6 rings (SSSR count). The Bertz CT molecular complexity index is 1730. The smallest absolute Gasteiger partial charge is 0.217 e. The summed E-state index contributed by atoms with van der Waals surface area (Å²) in [6, 6.07) is -3.31. The zero-order valence-corrected chi connectivity index (χ0v) is 38.8. The molecule has 0 unspecified atom stereocenters. The van der Waals surface area contributed by atoms with Gasteiger partial charge >= 0.3 is 0 Å². The van der Waals surface area contributed by atoms with E-state index in [1.165, 1.54) is 6.92 Å². The average Bonchev–Trinajstić information content (AvgIpc) is 3.34. The van der Waals surface area contributed by atoms with Crippen LogP contribution in [0.15, 0.2) is 0 Å². The van der Waals surface area contributed by atoms with E-state index in [1.807, 2.05) is 0 Å². The van der Waals surface area contributed by atoms with Gasteiger partial charge in [-0.2, -0.15) is 0 Å². The highest BCUT2D eigenvalue weighted by Crippen LogP contribution is 2.36. The zero-order chi connectivity index (χ0) is 53.2. The van der Waals surface area contributed by atoms with Gasteiger partial charge in [0.1, 0.15) is 140 Å². The molecule has 0 aromatic heterocycles. The van der Waals surface area contributed by atoms with Gasteiger partial charge in [-0.05, 0) is 6.92 Å². The van der Waals surface area contributed by atoms with Crippen LogP contribution < -0.4 is 10.6 Å². The number of aliphatic hydroxyl groups excluding tert-OH is 17. The van der Waals surface area contributed by atoms with Gasteiger partial charge in [0.2, 0.25) is 11.8 Å². The molecule has 418 valence electrons. The molecule has 6 aliphatic heterocycles. The fraction of sp³-hybridized carbons (Fsp3) is 0.950. The maximum atomic E-state index is 12.5. The minimum atomic E-state index is -2.20. The molecule has 0 aromatic carbocycles. The second-order valence-corrected chi connectivity index (χ2v) is 18.3. The van der Waals surface area contributed by atoms with Crippen molar-refractivity contribution in [3.63, 3.8) is 0 Å². The van der Waals surface area contributed by atoms with Crippen molar-refractivity contribution in [2.75, 3.05) is 33.0 Å². The van der Waals surface area contributed by atoms with Crippen LogP contribution in [0.1, 0.15) is 20.8 Å². The van der Waals surface area contributed by atoms with E-state index >= 15 is 0 Å². The maximum absolute atomic E-state index is 12.5. The Balaban J connectivity index is 1.13. The van der Waals surface area contributed by atoms with Crippen molar-refractivity contribution in [2.24, 2.45) is 0 Å². The van der Waals surface area contributed by atoms with Gasteiger partial charge in [0.05, 0.1) is 39.1 Å². The van der Waals surface area contributed by atoms with E-state index in [4.69, 9.17) is 52.1 Å². The maximum Gasteiger partial charge on any atom is 0.217 e. The van der Waals surface area contributed by atoms with Gasteiger partial charge in [0.25, 0.3) is 0 Å². The number of carbonyl (C=O) groups excluding carboxylic acids is 2. The molecular formula is C40H68N2O30. The number of aliphatic hydroxyl groups is 17. The molecule has 0 saturated carbocycles. The van der Waals surface area contributed by atoms with Crippen LogP contribution in [0.25, 0.3) is 0 Å². The molecule has 0 radical (unpaired) electrons. The van der Waals surface area contributed by atoms with E-state index < -0.39 is 229 Å². The number of carbonyl (C=O) groups is 2. The molecule has 32 heteroatoms. The molecule has 2 amide bonds. The van der Waals surface area contributed by atoms with Crippen molar-refractivity contribution in [2.45, 2.75) is 205 Å². The zero-order valence-electron chi connectivity index (χ0n) is 38.8. The predicted octanol–water partition coefficient (Wildman–Crippen LogP) is -12.8. The molecule has 6 saturated heterocycles. The third-order valence-electron chi connectivity index (χ3n) is 13.2. The summed E-state index contributed by atoms with van der Waals surface area (Å²) in [6.45, 7) is -1.06. The number of hydrogen-bond acceptors (Lipinski definition) is 30. The number of rotatable bonds is 17. The van der Waals surface area contributed by atoms with E-state index in [1.54, 1.807) is 0 Å². The summed E-state index contributed by atoms with van der Waals surface area (Å²) in [6.07, 6.45) is -50.5. The Morgan fingerprint density at radius 2 is 0.778 bits per heavy atom. The Morgan fingerprint density at radius 1 is 0.389 bits per heavy atom. The normalized spacial score (nSPS) is 50.3. The largest absolute Gasteiger partial charge is 0.394 e. The van der Waals surface area contributed by atoms with Crippen molar-refractivity contribution in [3.05, 3.63) is 0 Å². The summed E-state index contributed by atoms with van der Waals surface area (Å²) in [5.41, 5.74) is 0. The molecule has 0 bridgehead atoms. The summed E-state index contributed by atoms with van der Waals surface area (Å²) in [4.78, 5) is 24.8. The van der Waals surface area contributed by atoms with Gasteiger partial charge in [-0.15, -0.1) is 0 Å². The standard InChI is InChI=1S/C40H68N2O30/c1-9-19(49)25(55)29(59)38(63-9)72-34-28(58)21(51)13(5-44)66-40(34)70-32-15(7-46)68-37(18(24(32)54)42-11(3)48)71-33-27(57)22(52)16(64-35(33)61)8-62-36-17(41-10(2)47)23(53)31(14(6-45)67-36)69-39-30(60)26(56)20(50)12(4-43)65-39/h9,12-40,43-46,49-61H,4-8H2,1-3H3,(H,41,47)(H,42,48)/t9-,12+,13+,14+,15+,16+,17+,18+,19+,20-,21-,22+,23+,24+,25+,26-,27-,28-,29-,30+,31+,32+,33-,34+,35-,36+,37-,38-,39-,40-/m0/s1. The van der Waals surface area contributed by atoms with Crippen LogP contribution in [0.2, 0.25) is 0 Å². The minimum absolute atomic E-state index is 0.752. The molecule has 0 aromatic rings. The Kier molecular flexibility index (Phi) is 20.8. The predicted molar refractivity (Wildman–Crippen MR) is 221 cm³/mol. The Morgan fingerprint density at radius 3 is 1.31 bits per heavy atom. The van der Waals surface area contributed by atoms with Gasteiger partial charge in [-0.1, -0.05) is 0 Å². The van der Waals surface area contributed by atoms with Crippen LogP contribution in [-0.4, -0.2) is 316 Å². The van der Waals surface area contributed by atoms with Crippen molar-refractivity contribution >= 4 is 11.8 Å². The average molecular weight is 1060 g/mol. The van der Waals surface area contributed by atoms with Crippen LogP contribution in [0.3, 0.4) is 0 Å². The quantitative estimate of drug-likeness (QED) is 0.0643. The minimum Gasteiger partial charge on any atom is -0.394 e. The van der Waals surface area contributed by atoms with Gasteiger partial charge in [-0.3, -0.25) is 9.59 Å². The first-order valence-electron chi connectivity index (χ1n) is 23.0. The van der Waals surface area contributed by atoms with Crippen LogP contribution in [0.4, 0.5) is 0 Å². The highest BCUT2D eigenvalue weighted by molar-refractivity contribution is 5.73. The Labute approximate surface area is 408 Å². The highest BCUT2D eigenvalue weighted by atomic mass is 16.8. The second kappa shape index (κ2) is 25.3. The lowest BCUT2D eigenvalue weighted by molar-refractivity contribution is -0.389. The van der Waals surface area contributed by atoms with E-state index in [0.717, 1.165) is 13.8 Å². The lowest BCUT2D eigenvalue weighted by atomic mass is 9.94. The summed E-state index contributed by atoms with van der Waals surface area (Å²) in [5, 5.41) is 186. The third kappa shape index (κ3) is 12.6. The number of nitrogens with one attached hydrogen (secondary N) is 2. The van der Waals surface area contributed by atoms with Crippen LogP contribution in [0, 0.1) is 0 Å². The van der Waals surface area contributed by atoms with Gasteiger partial charge < -0.3 is 150 Å². The van der Waals surface area contributed by atoms with Crippen molar-refractivity contribution in [1.82, 2.24) is 10.6 Å². The van der Waals surface area contributed by atoms with Gasteiger partial charge in [0.15, 0.2) is 37.7 Å². The van der Waals surface area contributed by atoms with Gasteiger partial charge in [-0.25, -0.2) is 0 Å². The first kappa shape index (κ1) is 59.1. The molecular weight excluding hydrogens is 988 g/mol. The van der Waals surface area contributed by atoms with Crippen LogP contribution in [-0.2, 0) is 61.7 Å². The number of amides is 2. The molecule has 72 heavy (non-hydrogen) atoms. The van der Waals surface area contributed by atoms with E-state index in [9.17, 15) is 96.4 Å². The lowest BCUT2D eigenvalue weighted by Crippen LogP contribution is -2.70. The number of ether oxygens (including phenoxy) is 11. The Hall–Kier alpha value is -2.18. The lowest BCUT2D eigenvalue weighted by Gasteiger charge is -2.50. The summed E-state index contributed by atoms with van der Waals surface area (Å²) in [7, 11) is 0. The first-order valence-corrected chi connectivity index (χ1v) is 23.0. The third-order valence-corrected chi connectivity index (χ3v) is 13.2. The van der Waals surface area contributed by atoms with Crippen LogP contribution >= 0.6 is 0 Å². The van der Waals surface area contributed by atoms with Crippen molar-refractivity contribution < 1.29 is 149 Å². The second-order valence-electron chi connectivity index (χ2n) is 18.3. The van der Waals surface area contributed by atoms with Gasteiger partial charge in [0, 0.05) is 13.8 Å². The van der Waals surface area contributed by atoms with Crippen molar-refractivity contribution in [1.29, 1.82) is 0 Å². The monoisotopic (exact) mass is 1060 g/mol. The molecule has 19 N–H and O–H groups in total. The molecule has 30 atom stereocenters. The molecule has 6 heterocycles. The van der Waals surface area contributed by atoms with E-state index in [0.29, 0.717) is 0 Å². The summed E-state index contributed by atoms with van der Waals surface area (Å²) >= 11 is 0. The van der Waals surface area contributed by atoms with E-state index in [-0.39, 0.29) is 0 Å². The molecule has 32 nitrogen and oxygen atoms in total. The van der Waals surface area contributed by atoms with E-state index in [2.05, 4.69) is 10.6 Å². The topological polar surface area (TPSA) is 504 Å². The molecule has 0 spiro atoms. The first-order chi connectivity index (χ1) is 34.0. The fourth-order valence-corrected chi connectivity index (χ4v) is 9.14. The fourth-order valence-electron chi connectivity index (χ4n) is 9.14. The highest BCUT2D eigenvalue weighted by Gasteiger charge is 2.57.